The first-order chi connectivity index (χ1) is 11.1. The van der Waals surface area contributed by atoms with Crippen LogP contribution in [0.1, 0.15) is 44.1 Å². The number of hydrogen-bond donors (Lipinski definition) is 3. The monoisotopic (exact) mass is 318 g/mol. The zero-order chi connectivity index (χ0) is 16.1. The normalized spacial score (nSPS) is 19.8. The van der Waals surface area contributed by atoms with Crippen molar-refractivity contribution in [2.24, 2.45) is 0 Å². The van der Waals surface area contributed by atoms with E-state index in [0.717, 1.165) is 50.2 Å². The van der Waals surface area contributed by atoms with Crippen molar-refractivity contribution in [3.05, 3.63) is 23.9 Å². The molecule has 23 heavy (non-hydrogen) atoms. The predicted molar refractivity (Wildman–Crippen MR) is 89.3 cm³/mol. The highest BCUT2D eigenvalue weighted by Crippen LogP contribution is 2.28. The van der Waals surface area contributed by atoms with Gasteiger partial charge in [0.15, 0.2) is 0 Å². The molecular weight excluding hydrogens is 292 g/mol. The zero-order valence-corrected chi connectivity index (χ0v) is 13.6. The Balaban J connectivity index is 1.46. The van der Waals surface area contributed by atoms with Crippen LogP contribution < -0.4 is 15.5 Å². The number of urea groups is 1. The molecule has 3 N–H and O–H groups in total. The number of nitrogens with zero attached hydrogens (tertiary/aromatic N) is 2. The van der Waals surface area contributed by atoms with Crippen LogP contribution >= 0.6 is 0 Å². The lowest BCUT2D eigenvalue weighted by Gasteiger charge is -2.22. The SMILES string of the molecule is O=C(NCc1ccnc(N2CCCC2)c1)NCC1(O)CCCC1. The van der Waals surface area contributed by atoms with Crippen molar-refractivity contribution in [1.29, 1.82) is 0 Å². The van der Waals surface area contributed by atoms with Crippen LogP contribution in [0.4, 0.5) is 10.6 Å². The van der Waals surface area contributed by atoms with Crippen LogP contribution in [0.3, 0.4) is 0 Å². The van der Waals surface area contributed by atoms with Gasteiger partial charge in [-0.05, 0) is 43.4 Å². The molecule has 126 valence electrons. The molecule has 1 saturated carbocycles. The van der Waals surface area contributed by atoms with Crippen LogP contribution in [0.2, 0.25) is 0 Å². The topological polar surface area (TPSA) is 77.5 Å². The molecule has 2 aliphatic rings. The molecule has 0 atom stereocenters. The minimum atomic E-state index is -0.711. The third-order valence-electron chi connectivity index (χ3n) is 4.81. The summed E-state index contributed by atoms with van der Waals surface area (Å²) in [5, 5.41) is 15.9. The Morgan fingerprint density at radius 1 is 1.22 bits per heavy atom. The summed E-state index contributed by atoms with van der Waals surface area (Å²) in [6.45, 7) is 2.91. The third kappa shape index (κ3) is 4.34. The van der Waals surface area contributed by atoms with E-state index >= 15 is 0 Å². The van der Waals surface area contributed by atoms with Crippen molar-refractivity contribution in [3.63, 3.8) is 0 Å². The summed E-state index contributed by atoms with van der Waals surface area (Å²) < 4.78 is 0. The lowest BCUT2D eigenvalue weighted by molar-refractivity contribution is 0.0501. The van der Waals surface area contributed by atoms with Crippen LogP contribution in [-0.2, 0) is 6.54 Å². The van der Waals surface area contributed by atoms with E-state index in [4.69, 9.17) is 0 Å². The average Bonchev–Trinajstić information content (AvgIpc) is 3.23. The average molecular weight is 318 g/mol. The third-order valence-corrected chi connectivity index (χ3v) is 4.81. The highest BCUT2D eigenvalue weighted by Gasteiger charge is 2.31. The second-order valence-corrected chi connectivity index (χ2v) is 6.68. The summed E-state index contributed by atoms with van der Waals surface area (Å²) in [6, 6.07) is 3.73. The number of aromatic nitrogens is 1. The molecule has 0 unspecified atom stereocenters. The maximum atomic E-state index is 11.9. The number of rotatable bonds is 5. The smallest absolute Gasteiger partial charge is 0.315 e. The van der Waals surface area contributed by atoms with Crippen molar-refractivity contribution in [1.82, 2.24) is 15.6 Å². The van der Waals surface area contributed by atoms with Crippen LogP contribution in [0.5, 0.6) is 0 Å². The number of amides is 2. The number of pyridine rings is 1. The largest absolute Gasteiger partial charge is 0.388 e. The van der Waals surface area contributed by atoms with Gasteiger partial charge in [-0.15, -0.1) is 0 Å². The van der Waals surface area contributed by atoms with E-state index in [-0.39, 0.29) is 6.03 Å². The standard InChI is InChI=1S/C17H26N4O2/c22-16(20-13-17(23)6-1-2-7-17)19-12-14-5-8-18-15(11-14)21-9-3-4-10-21/h5,8,11,23H,1-4,6-7,9-10,12-13H2,(H2,19,20,22). The van der Waals surface area contributed by atoms with Gasteiger partial charge in [-0.3, -0.25) is 0 Å². The van der Waals surface area contributed by atoms with Gasteiger partial charge in [0.1, 0.15) is 5.82 Å². The molecule has 3 rings (SSSR count). The van der Waals surface area contributed by atoms with E-state index in [0.29, 0.717) is 13.1 Å². The summed E-state index contributed by atoms with van der Waals surface area (Å²) in [5.74, 6) is 0.988. The van der Waals surface area contributed by atoms with E-state index in [2.05, 4.69) is 20.5 Å². The van der Waals surface area contributed by atoms with Crippen molar-refractivity contribution in [3.8, 4) is 0 Å². The molecule has 2 amide bonds. The highest BCUT2D eigenvalue weighted by atomic mass is 16.3. The molecule has 2 fully saturated rings. The Bertz CT molecular complexity index is 537. The Labute approximate surface area is 137 Å². The molecule has 1 aliphatic carbocycles. The summed E-state index contributed by atoms with van der Waals surface area (Å²) in [7, 11) is 0. The van der Waals surface area contributed by atoms with Crippen molar-refractivity contribution >= 4 is 11.8 Å². The maximum Gasteiger partial charge on any atom is 0.315 e. The molecule has 0 spiro atoms. The lowest BCUT2D eigenvalue weighted by atomic mass is 10.0. The Kier molecular flexibility index (Phi) is 5.00. The van der Waals surface area contributed by atoms with Crippen LogP contribution in [-0.4, -0.2) is 41.4 Å². The molecular formula is C17H26N4O2. The van der Waals surface area contributed by atoms with Gasteiger partial charge in [-0.2, -0.15) is 0 Å². The van der Waals surface area contributed by atoms with Crippen LogP contribution in [0.15, 0.2) is 18.3 Å². The van der Waals surface area contributed by atoms with E-state index in [1.54, 1.807) is 6.20 Å². The number of aliphatic hydroxyl groups is 1. The highest BCUT2D eigenvalue weighted by molar-refractivity contribution is 5.73. The molecule has 1 aromatic heterocycles. The fourth-order valence-corrected chi connectivity index (χ4v) is 3.39. The van der Waals surface area contributed by atoms with E-state index < -0.39 is 5.60 Å². The molecule has 1 aliphatic heterocycles. The summed E-state index contributed by atoms with van der Waals surface area (Å²) in [5.41, 5.74) is 0.327. The van der Waals surface area contributed by atoms with Crippen molar-refractivity contribution in [2.75, 3.05) is 24.5 Å². The summed E-state index contributed by atoms with van der Waals surface area (Å²) in [6.07, 6.45) is 7.86. The molecule has 1 saturated heterocycles. The number of carbonyl (C=O) groups is 1. The van der Waals surface area contributed by atoms with Gasteiger partial charge < -0.3 is 20.6 Å². The van der Waals surface area contributed by atoms with Crippen molar-refractivity contribution < 1.29 is 9.90 Å². The van der Waals surface area contributed by atoms with Gasteiger partial charge in [-0.25, -0.2) is 9.78 Å². The minimum Gasteiger partial charge on any atom is -0.388 e. The molecule has 0 bridgehead atoms. The van der Waals surface area contributed by atoms with E-state index in [9.17, 15) is 9.90 Å². The fraction of sp³-hybridized carbons (Fsp3) is 0.647. The second-order valence-electron chi connectivity index (χ2n) is 6.68. The molecule has 1 aromatic rings. The van der Waals surface area contributed by atoms with Gasteiger partial charge in [0.2, 0.25) is 0 Å². The van der Waals surface area contributed by atoms with Gasteiger partial charge >= 0.3 is 6.03 Å². The minimum absolute atomic E-state index is 0.232. The molecule has 0 aromatic carbocycles. The van der Waals surface area contributed by atoms with Gasteiger partial charge in [0.05, 0.1) is 5.60 Å². The quantitative estimate of drug-likeness (QED) is 0.773. The molecule has 0 radical (unpaired) electrons. The van der Waals surface area contributed by atoms with Gasteiger partial charge in [-0.1, -0.05) is 12.8 Å². The van der Waals surface area contributed by atoms with Crippen LogP contribution in [0.25, 0.3) is 0 Å². The molecule has 6 heteroatoms. The zero-order valence-electron chi connectivity index (χ0n) is 13.6. The summed E-state index contributed by atoms with van der Waals surface area (Å²) in [4.78, 5) is 18.6. The first kappa shape index (κ1) is 16.1. The van der Waals surface area contributed by atoms with Crippen LogP contribution in [0, 0.1) is 0 Å². The Morgan fingerprint density at radius 3 is 2.70 bits per heavy atom. The predicted octanol–water partition coefficient (Wildman–Crippen LogP) is 1.79. The number of anilines is 1. The molecule has 2 heterocycles. The molecule has 6 nitrogen and oxygen atoms in total. The summed E-state index contributed by atoms with van der Waals surface area (Å²) >= 11 is 0. The number of nitrogens with one attached hydrogen (secondary N) is 2. The number of carbonyl (C=O) groups excluding carboxylic acids is 1. The van der Waals surface area contributed by atoms with E-state index in [1.165, 1.54) is 12.8 Å². The van der Waals surface area contributed by atoms with Crippen molar-refractivity contribution in [2.45, 2.75) is 50.7 Å². The van der Waals surface area contributed by atoms with Gasteiger partial charge in [0.25, 0.3) is 0 Å². The first-order valence-electron chi connectivity index (χ1n) is 8.59. The number of hydrogen-bond acceptors (Lipinski definition) is 4. The first-order valence-corrected chi connectivity index (χ1v) is 8.59. The van der Waals surface area contributed by atoms with Gasteiger partial charge in [0, 0.05) is 32.4 Å². The Hall–Kier alpha value is -1.82. The Morgan fingerprint density at radius 2 is 1.96 bits per heavy atom. The second kappa shape index (κ2) is 7.17. The fourth-order valence-electron chi connectivity index (χ4n) is 3.39. The maximum absolute atomic E-state index is 11.9. The lowest BCUT2D eigenvalue weighted by Crippen LogP contribution is -2.44. The van der Waals surface area contributed by atoms with E-state index in [1.807, 2.05) is 12.1 Å².